The van der Waals surface area contributed by atoms with Crippen molar-refractivity contribution in [3.8, 4) is 5.75 Å². The van der Waals surface area contributed by atoms with E-state index >= 15 is 0 Å². The number of amides is 2. The first kappa shape index (κ1) is 25.7. The largest absolute Gasteiger partial charge is 0.494 e. The van der Waals surface area contributed by atoms with Gasteiger partial charge < -0.3 is 10.1 Å². The summed E-state index contributed by atoms with van der Waals surface area (Å²) in [5.41, 5.74) is 4.47. The first-order chi connectivity index (χ1) is 18.4. The molecular weight excluding hydrogens is 503 g/mol. The minimum atomic E-state index is -0.653. The number of carbonyl (C=O) groups excluding carboxylic acids is 2. The number of halogens is 1. The molecule has 194 valence electrons. The van der Waals surface area contributed by atoms with Crippen LogP contribution in [-0.2, 0) is 9.59 Å². The summed E-state index contributed by atoms with van der Waals surface area (Å²) in [5.74, 6) is -0.253. The Balaban J connectivity index is 1.31. The number of carbonyl (C=O) groups is 2. The molecule has 0 radical (unpaired) electrons. The van der Waals surface area contributed by atoms with Crippen LogP contribution < -0.4 is 10.1 Å². The molecule has 2 heterocycles. The molecule has 7 nitrogen and oxygen atoms in total. The van der Waals surface area contributed by atoms with E-state index in [-0.39, 0.29) is 30.1 Å². The molecule has 2 aliphatic heterocycles. The van der Waals surface area contributed by atoms with E-state index in [1.165, 1.54) is 23.9 Å². The Hall–Kier alpha value is -3.98. The molecule has 0 saturated carbocycles. The third kappa shape index (κ3) is 5.78. The summed E-state index contributed by atoms with van der Waals surface area (Å²) in [5, 5.41) is 9.17. The van der Waals surface area contributed by atoms with Crippen molar-refractivity contribution in [2.75, 3.05) is 11.9 Å². The highest BCUT2D eigenvalue weighted by Gasteiger charge is 2.39. The number of hydrazone groups is 1. The van der Waals surface area contributed by atoms with Crippen molar-refractivity contribution >= 4 is 40.1 Å². The van der Waals surface area contributed by atoms with E-state index in [0.29, 0.717) is 23.9 Å². The summed E-state index contributed by atoms with van der Waals surface area (Å²) in [6.07, 6.45) is 0.554. The van der Waals surface area contributed by atoms with Gasteiger partial charge in [0.25, 0.3) is 5.91 Å². The van der Waals surface area contributed by atoms with Crippen LogP contribution in [-0.4, -0.2) is 39.6 Å². The number of anilines is 1. The maximum absolute atomic E-state index is 13.6. The lowest BCUT2D eigenvalue weighted by Gasteiger charge is -2.23. The Morgan fingerprint density at radius 2 is 1.79 bits per heavy atom. The van der Waals surface area contributed by atoms with Crippen molar-refractivity contribution in [1.29, 1.82) is 0 Å². The van der Waals surface area contributed by atoms with Crippen molar-refractivity contribution in [1.82, 2.24) is 5.01 Å². The second-order valence-electron chi connectivity index (χ2n) is 9.08. The Bertz CT molecular complexity index is 1390. The van der Waals surface area contributed by atoms with Crippen LogP contribution >= 0.6 is 11.8 Å². The SMILES string of the molecule is CCOc1ccc(NC(=O)C[C@H]2SC(N3N=C(c4ccc(C)cc4)C[C@H]3c3ccc(F)cc3)=NC2=O)cc1. The van der Waals surface area contributed by atoms with Gasteiger partial charge in [-0.25, -0.2) is 9.40 Å². The zero-order chi connectivity index (χ0) is 26.6. The average molecular weight is 531 g/mol. The molecule has 0 saturated heterocycles. The van der Waals surface area contributed by atoms with Gasteiger partial charge in [-0.15, -0.1) is 0 Å². The minimum absolute atomic E-state index is 0.0205. The molecule has 0 aromatic heterocycles. The van der Waals surface area contributed by atoms with Gasteiger partial charge in [0, 0.05) is 18.5 Å². The zero-order valence-corrected chi connectivity index (χ0v) is 21.9. The maximum atomic E-state index is 13.6. The van der Waals surface area contributed by atoms with Crippen LogP contribution in [0.15, 0.2) is 82.9 Å². The van der Waals surface area contributed by atoms with Crippen LogP contribution in [0.3, 0.4) is 0 Å². The second kappa shape index (κ2) is 11.2. The highest BCUT2D eigenvalue weighted by atomic mass is 32.2. The summed E-state index contributed by atoms with van der Waals surface area (Å²) < 4.78 is 19.1. The number of nitrogens with zero attached hydrogens (tertiary/aromatic N) is 3. The summed E-state index contributed by atoms with van der Waals surface area (Å²) >= 11 is 1.23. The van der Waals surface area contributed by atoms with Crippen LogP contribution in [0, 0.1) is 12.7 Å². The molecule has 1 N–H and O–H groups in total. The van der Waals surface area contributed by atoms with Crippen LogP contribution in [0.25, 0.3) is 0 Å². The molecule has 38 heavy (non-hydrogen) atoms. The molecule has 0 unspecified atom stereocenters. The van der Waals surface area contributed by atoms with Crippen LogP contribution in [0.1, 0.15) is 42.5 Å². The number of rotatable bonds is 7. The predicted octanol–water partition coefficient (Wildman–Crippen LogP) is 5.71. The number of hydrogen-bond donors (Lipinski definition) is 1. The number of thioether (sulfide) groups is 1. The Morgan fingerprint density at radius 1 is 1.08 bits per heavy atom. The lowest BCUT2D eigenvalue weighted by molar-refractivity contribution is -0.121. The molecule has 3 aromatic rings. The first-order valence-electron chi connectivity index (χ1n) is 12.4. The quantitative estimate of drug-likeness (QED) is 0.423. The number of aryl methyl sites for hydroxylation is 1. The standard InChI is InChI=1S/C29H27FN4O3S/c1-3-37-23-14-12-22(13-15-23)31-27(35)17-26-28(36)32-29(38-26)34-25(20-8-10-21(30)11-9-20)16-24(33-34)19-6-4-18(2)5-7-19/h4-15,25-26H,3,16-17H2,1-2H3,(H,31,35)/t25-,26+/m0/s1. The third-order valence-electron chi connectivity index (χ3n) is 6.29. The fourth-order valence-corrected chi connectivity index (χ4v) is 5.40. The van der Waals surface area contributed by atoms with E-state index in [9.17, 15) is 14.0 Å². The van der Waals surface area contributed by atoms with Gasteiger partial charge in [0.15, 0.2) is 5.17 Å². The molecule has 2 atom stereocenters. The second-order valence-corrected chi connectivity index (χ2v) is 10.2. The number of aliphatic imine (C=N–C) groups is 1. The van der Waals surface area contributed by atoms with Gasteiger partial charge in [0.2, 0.25) is 5.91 Å². The summed E-state index contributed by atoms with van der Waals surface area (Å²) in [6, 6.07) is 21.2. The molecule has 9 heteroatoms. The van der Waals surface area contributed by atoms with Crippen molar-refractivity contribution in [3.05, 3.63) is 95.3 Å². The zero-order valence-electron chi connectivity index (χ0n) is 21.1. The summed E-state index contributed by atoms with van der Waals surface area (Å²) in [7, 11) is 0. The normalized spacial score (nSPS) is 18.8. The van der Waals surface area contributed by atoms with Crippen molar-refractivity contribution < 1.29 is 18.7 Å². The maximum Gasteiger partial charge on any atom is 0.262 e. The van der Waals surface area contributed by atoms with Gasteiger partial charge in [0.05, 0.1) is 18.4 Å². The van der Waals surface area contributed by atoms with E-state index in [0.717, 1.165) is 28.2 Å². The fourth-order valence-electron chi connectivity index (χ4n) is 4.34. The van der Waals surface area contributed by atoms with Crippen molar-refractivity contribution in [2.24, 2.45) is 10.1 Å². The van der Waals surface area contributed by atoms with Gasteiger partial charge in [-0.05, 0) is 61.4 Å². The van der Waals surface area contributed by atoms with Gasteiger partial charge >= 0.3 is 0 Å². The van der Waals surface area contributed by atoms with E-state index in [4.69, 9.17) is 9.84 Å². The van der Waals surface area contributed by atoms with Crippen LogP contribution in [0.5, 0.6) is 5.75 Å². The molecule has 2 amide bonds. The Morgan fingerprint density at radius 3 is 2.47 bits per heavy atom. The van der Waals surface area contributed by atoms with E-state index in [1.807, 2.05) is 38.1 Å². The molecule has 0 aliphatic carbocycles. The lowest BCUT2D eigenvalue weighted by atomic mass is 9.98. The monoisotopic (exact) mass is 530 g/mol. The van der Waals surface area contributed by atoms with Crippen LogP contribution in [0.4, 0.5) is 10.1 Å². The molecule has 2 aliphatic rings. The fraction of sp³-hybridized carbons (Fsp3) is 0.241. The Labute approximate surface area is 224 Å². The summed E-state index contributed by atoms with van der Waals surface area (Å²) in [4.78, 5) is 29.8. The van der Waals surface area contributed by atoms with Gasteiger partial charge in [0.1, 0.15) is 16.8 Å². The lowest BCUT2D eigenvalue weighted by Crippen LogP contribution is -2.25. The molecule has 0 bridgehead atoms. The third-order valence-corrected chi connectivity index (χ3v) is 7.44. The molecule has 3 aromatic carbocycles. The highest BCUT2D eigenvalue weighted by molar-refractivity contribution is 8.15. The van der Waals surface area contributed by atoms with Crippen molar-refractivity contribution in [2.45, 2.75) is 38.0 Å². The highest BCUT2D eigenvalue weighted by Crippen LogP contribution is 2.38. The summed E-state index contributed by atoms with van der Waals surface area (Å²) in [6.45, 7) is 4.49. The topological polar surface area (TPSA) is 83.4 Å². The smallest absolute Gasteiger partial charge is 0.262 e. The minimum Gasteiger partial charge on any atom is -0.494 e. The predicted molar refractivity (Wildman–Crippen MR) is 148 cm³/mol. The number of benzene rings is 3. The first-order valence-corrected chi connectivity index (χ1v) is 13.3. The van der Waals surface area contributed by atoms with Gasteiger partial charge in [-0.3, -0.25) is 9.59 Å². The number of hydrogen-bond acceptors (Lipinski definition) is 6. The van der Waals surface area contributed by atoms with Gasteiger partial charge in [-0.1, -0.05) is 53.7 Å². The van der Waals surface area contributed by atoms with Crippen molar-refractivity contribution in [3.63, 3.8) is 0 Å². The van der Waals surface area contributed by atoms with Crippen LogP contribution in [0.2, 0.25) is 0 Å². The number of nitrogens with one attached hydrogen (secondary N) is 1. The number of amidine groups is 1. The average Bonchev–Trinajstić information content (AvgIpc) is 3.50. The molecule has 0 fully saturated rings. The molecular formula is C29H27FN4O3S. The molecule has 0 spiro atoms. The number of ether oxygens (including phenoxy) is 1. The van der Waals surface area contributed by atoms with E-state index < -0.39 is 5.25 Å². The Kier molecular flexibility index (Phi) is 7.55. The van der Waals surface area contributed by atoms with E-state index in [2.05, 4.69) is 10.3 Å². The van der Waals surface area contributed by atoms with Gasteiger partial charge in [-0.2, -0.15) is 10.1 Å². The van der Waals surface area contributed by atoms with E-state index in [1.54, 1.807) is 41.4 Å². The molecule has 5 rings (SSSR count).